The first kappa shape index (κ1) is 7.98. The molecular weight excluding hydrogens is 156 g/mol. The van der Waals surface area contributed by atoms with Crippen LogP contribution in [-0.4, -0.2) is 28.3 Å². The van der Waals surface area contributed by atoms with E-state index in [1.165, 1.54) is 0 Å². The van der Waals surface area contributed by atoms with Gasteiger partial charge in [0, 0.05) is 6.04 Å². The van der Waals surface area contributed by atoms with Crippen molar-refractivity contribution in [1.82, 2.24) is 5.01 Å². The smallest absolute Gasteiger partial charge is 0.0793 e. The van der Waals surface area contributed by atoms with Gasteiger partial charge in [-0.25, -0.2) is 0 Å². The normalized spacial score (nSPS) is 46.3. The Morgan fingerprint density at radius 1 is 1.50 bits per heavy atom. The third-order valence-electron chi connectivity index (χ3n) is 3.21. The average Bonchev–Trinajstić information content (AvgIpc) is 2.52. The van der Waals surface area contributed by atoms with E-state index in [2.05, 4.69) is 5.29 Å². The van der Waals surface area contributed by atoms with E-state index in [0.717, 1.165) is 19.3 Å². The van der Waals surface area contributed by atoms with Crippen LogP contribution in [0.15, 0.2) is 5.29 Å². The van der Waals surface area contributed by atoms with E-state index in [4.69, 9.17) is 0 Å². The van der Waals surface area contributed by atoms with Gasteiger partial charge in [0.25, 0.3) is 0 Å². The number of nitroso groups, excluding NO2 is 1. The van der Waals surface area contributed by atoms with Crippen molar-refractivity contribution in [2.75, 3.05) is 0 Å². The molecule has 4 atom stereocenters. The lowest BCUT2D eigenvalue weighted by molar-refractivity contribution is 0.0709. The molecule has 1 N–H and O–H groups in total. The molecule has 1 aliphatic carbocycles. The Bertz CT molecular complexity index is 197. The van der Waals surface area contributed by atoms with Gasteiger partial charge < -0.3 is 5.11 Å². The Kier molecular flexibility index (Phi) is 1.79. The molecule has 0 aromatic carbocycles. The molecular formula is C8H14N2O2. The highest BCUT2D eigenvalue weighted by atomic mass is 16.3. The Hall–Kier alpha value is -0.640. The average molecular weight is 170 g/mol. The molecule has 2 rings (SSSR count). The number of hydrogen-bond donors (Lipinski definition) is 1. The molecule has 68 valence electrons. The molecule has 2 fully saturated rings. The first-order valence-electron chi connectivity index (χ1n) is 4.53. The van der Waals surface area contributed by atoms with Crippen LogP contribution in [0.1, 0.15) is 26.2 Å². The number of nitrogens with zero attached hydrogens (tertiary/aromatic N) is 2. The summed E-state index contributed by atoms with van der Waals surface area (Å²) in [5, 5.41) is 14.1. The summed E-state index contributed by atoms with van der Waals surface area (Å²) >= 11 is 0. The minimum atomic E-state index is -0.336. The quantitative estimate of drug-likeness (QED) is 0.595. The van der Waals surface area contributed by atoms with Gasteiger partial charge in [0.05, 0.1) is 17.4 Å². The van der Waals surface area contributed by atoms with E-state index in [1.54, 1.807) is 5.01 Å². The summed E-state index contributed by atoms with van der Waals surface area (Å²) < 4.78 is 0. The lowest BCUT2D eigenvalue weighted by atomic mass is 10.0. The summed E-state index contributed by atoms with van der Waals surface area (Å²) in [6, 6.07) is 0.227. The minimum Gasteiger partial charge on any atom is -0.391 e. The van der Waals surface area contributed by atoms with Gasteiger partial charge in [0.15, 0.2) is 0 Å². The van der Waals surface area contributed by atoms with E-state index in [0.29, 0.717) is 5.92 Å². The fourth-order valence-electron chi connectivity index (χ4n) is 2.66. The van der Waals surface area contributed by atoms with E-state index in [-0.39, 0.29) is 18.2 Å². The first-order valence-corrected chi connectivity index (χ1v) is 4.53. The summed E-state index contributed by atoms with van der Waals surface area (Å²) in [6.45, 7) is 1.99. The van der Waals surface area contributed by atoms with Gasteiger partial charge in [-0.1, -0.05) is 0 Å². The van der Waals surface area contributed by atoms with Crippen molar-refractivity contribution in [3.05, 3.63) is 4.91 Å². The van der Waals surface area contributed by atoms with Gasteiger partial charge in [0.1, 0.15) is 0 Å². The van der Waals surface area contributed by atoms with Crippen LogP contribution in [-0.2, 0) is 0 Å². The summed E-state index contributed by atoms with van der Waals surface area (Å²) in [5.41, 5.74) is 0. The Balaban J connectivity index is 2.17. The molecule has 1 aliphatic heterocycles. The highest BCUT2D eigenvalue weighted by molar-refractivity contribution is 4.98. The van der Waals surface area contributed by atoms with E-state index in [1.807, 2.05) is 6.92 Å². The molecule has 2 aliphatic rings. The maximum atomic E-state index is 10.5. The molecule has 1 saturated heterocycles. The second-order valence-electron chi connectivity index (χ2n) is 3.94. The van der Waals surface area contributed by atoms with Crippen molar-refractivity contribution >= 4 is 0 Å². The Morgan fingerprint density at radius 2 is 2.25 bits per heavy atom. The SMILES string of the molecule is C[C@@H]1C[C@@H]2CC[C@H](O)[C@@H]2N1N=O. The van der Waals surface area contributed by atoms with Crippen LogP contribution in [0.4, 0.5) is 0 Å². The van der Waals surface area contributed by atoms with Crippen LogP contribution in [0.5, 0.6) is 0 Å². The van der Waals surface area contributed by atoms with Gasteiger partial charge in [-0.2, -0.15) is 0 Å². The number of aliphatic hydroxyl groups is 1. The number of fused-ring (bicyclic) bond motifs is 1. The molecule has 1 saturated carbocycles. The molecule has 4 heteroatoms. The largest absolute Gasteiger partial charge is 0.391 e. The first-order chi connectivity index (χ1) is 5.74. The zero-order valence-corrected chi connectivity index (χ0v) is 7.18. The predicted molar refractivity (Wildman–Crippen MR) is 44.2 cm³/mol. The van der Waals surface area contributed by atoms with Crippen molar-refractivity contribution in [1.29, 1.82) is 0 Å². The van der Waals surface area contributed by atoms with Crippen molar-refractivity contribution in [2.45, 2.75) is 44.4 Å². The van der Waals surface area contributed by atoms with Crippen LogP contribution in [0.3, 0.4) is 0 Å². The molecule has 1 heterocycles. The van der Waals surface area contributed by atoms with Gasteiger partial charge >= 0.3 is 0 Å². The molecule has 4 nitrogen and oxygen atoms in total. The molecule has 12 heavy (non-hydrogen) atoms. The van der Waals surface area contributed by atoms with Gasteiger partial charge in [-0.3, -0.25) is 5.01 Å². The van der Waals surface area contributed by atoms with Crippen LogP contribution < -0.4 is 0 Å². The lowest BCUT2D eigenvalue weighted by Crippen LogP contribution is -2.37. The van der Waals surface area contributed by atoms with Crippen molar-refractivity contribution in [3.8, 4) is 0 Å². The minimum absolute atomic E-state index is 0.0116. The van der Waals surface area contributed by atoms with E-state index >= 15 is 0 Å². The third kappa shape index (κ3) is 0.941. The Morgan fingerprint density at radius 3 is 2.92 bits per heavy atom. The molecule has 0 aromatic heterocycles. The second kappa shape index (κ2) is 2.69. The second-order valence-corrected chi connectivity index (χ2v) is 3.94. The fraction of sp³-hybridized carbons (Fsp3) is 1.00. The number of rotatable bonds is 1. The van der Waals surface area contributed by atoms with E-state index in [9.17, 15) is 10.0 Å². The summed E-state index contributed by atoms with van der Waals surface area (Å²) in [4.78, 5) is 10.5. The zero-order valence-electron chi connectivity index (χ0n) is 7.18. The molecule has 0 aromatic rings. The van der Waals surface area contributed by atoms with E-state index < -0.39 is 0 Å². The van der Waals surface area contributed by atoms with Crippen LogP contribution in [0, 0.1) is 10.8 Å². The standard InChI is InChI=1S/C8H14N2O2/c1-5-4-6-2-3-7(11)8(6)10(5)9-12/h5-8,11H,2-4H2,1H3/t5-,6+,7+,8-/m1/s1. The molecule has 0 bridgehead atoms. The maximum absolute atomic E-state index is 10.5. The number of aliphatic hydroxyl groups excluding tert-OH is 1. The highest BCUT2D eigenvalue weighted by Gasteiger charge is 2.47. The van der Waals surface area contributed by atoms with Crippen molar-refractivity contribution in [3.63, 3.8) is 0 Å². The lowest BCUT2D eigenvalue weighted by Gasteiger charge is -2.23. The monoisotopic (exact) mass is 170 g/mol. The van der Waals surface area contributed by atoms with Gasteiger partial charge in [-0.15, -0.1) is 4.91 Å². The van der Waals surface area contributed by atoms with Gasteiger partial charge in [0.2, 0.25) is 0 Å². The molecule has 0 radical (unpaired) electrons. The van der Waals surface area contributed by atoms with Crippen LogP contribution >= 0.6 is 0 Å². The zero-order chi connectivity index (χ0) is 8.72. The Labute approximate surface area is 71.5 Å². The fourth-order valence-corrected chi connectivity index (χ4v) is 2.66. The molecule has 0 unspecified atom stereocenters. The predicted octanol–water partition coefficient (Wildman–Crippen LogP) is 0.901. The number of hydrogen-bond acceptors (Lipinski definition) is 3. The summed E-state index contributed by atoms with van der Waals surface area (Å²) in [7, 11) is 0. The molecule has 0 spiro atoms. The summed E-state index contributed by atoms with van der Waals surface area (Å²) in [5.74, 6) is 0.493. The van der Waals surface area contributed by atoms with Crippen LogP contribution in [0.25, 0.3) is 0 Å². The van der Waals surface area contributed by atoms with Gasteiger partial charge in [-0.05, 0) is 32.1 Å². The van der Waals surface area contributed by atoms with Crippen molar-refractivity contribution < 1.29 is 5.11 Å². The maximum Gasteiger partial charge on any atom is 0.0793 e. The third-order valence-corrected chi connectivity index (χ3v) is 3.21. The van der Waals surface area contributed by atoms with Crippen LogP contribution in [0.2, 0.25) is 0 Å². The molecule has 0 amide bonds. The topological polar surface area (TPSA) is 52.9 Å². The summed E-state index contributed by atoms with van der Waals surface area (Å²) in [6.07, 6.45) is 2.54. The highest BCUT2D eigenvalue weighted by Crippen LogP contribution is 2.41. The van der Waals surface area contributed by atoms with Crippen molar-refractivity contribution in [2.24, 2.45) is 11.2 Å².